The number of rotatable bonds is 6. The Morgan fingerprint density at radius 2 is 0.831 bits per heavy atom. The average molecular weight is 754 g/mol. The molecule has 0 amide bonds. The van der Waals surface area contributed by atoms with Gasteiger partial charge in [-0.2, -0.15) is 0 Å². The second kappa shape index (κ2) is 13.3. The van der Waals surface area contributed by atoms with Gasteiger partial charge in [0.15, 0.2) is 0 Å². The maximum absolute atomic E-state index is 5.16. The van der Waals surface area contributed by atoms with E-state index in [0.29, 0.717) is 0 Å². The van der Waals surface area contributed by atoms with Gasteiger partial charge in [0.2, 0.25) is 0 Å². The van der Waals surface area contributed by atoms with Crippen LogP contribution < -0.4 is 0 Å². The quantitative estimate of drug-likeness (QED) is 0.170. The normalized spacial score (nSPS) is 11.7. The van der Waals surface area contributed by atoms with Crippen molar-refractivity contribution in [3.05, 3.63) is 212 Å². The topological polar surface area (TPSA) is 40.6 Å². The van der Waals surface area contributed by atoms with Gasteiger partial charge in [-0.25, -0.2) is 4.98 Å². The van der Waals surface area contributed by atoms with Crippen molar-refractivity contribution in [2.24, 2.45) is 0 Å². The lowest BCUT2D eigenvalue weighted by molar-refractivity contribution is 1.09. The van der Waals surface area contributed by atoms with Crippen LogP contribution >= 0.6 is 0 Å². The van der Waals surface area contributed by atoms with Crippen LogP contribution in [0.25, 0.3) is 105 Å². The first-order valence-electron chi connectivity index (χ1n) is 20.0. The molecule has 0 aliphatic heterocycles. The third kappa shape index (κ3) is 5.33. The zero-order valence-electron chi connectivity index (χ0n) is 31.9. The van der Waals surface area contributed by atoms with E-state index in [1.165, 1.54) is 60.4 Å². The highest BCUT2D eigenvalue weighted by atomic mass is 15.1. The maximum atomic E-state index is 5.16. The van der Waals surface area contributed by atoms with Crippen molar-refractivity contribution in [3.8, 4) is 50.8 Å². The molecular formula is C54H35N5. The standard InChI is InChI=1S/C54H35N5/c1-2-15-40(16-3-1)57-49-21-7-4-17-43(49)45-34-36(24-30-51(45)57)37-25-31-52-46(35-37)44-18-5-8-22-50(44)58(52)41-26-28-42(29-27-41)59-53-23-9-6-20-48(53)56-54(59)39-14-12-13-38(33-39)47-19-10-11-32-55-47/h1-35H. The molecule has 5 nitrogen and oxygen atoms in total. The van der Waals surface area contributed by atoms with Crippen molar-refractivity contribution in [2.75, 3.05) is 0 Å². The van der Waals surface area contributed by atoms with E-state index in [-0.39, 0.29) is 0 Å². The first kappa shape index (κ1) is 33.2. The van der Waals surface area contributed by atoms with Crippen LogP contribution in [0.4, 0.5) is 0 Å². The van der Waals surface area contributed by atoms with E-state index >= 15 is 0 Å². The molecule has 12 aromatic rings. The van der Waals surface area contributed by atoms with Crippen LogP contribution in [-0.4, -0.2) is 23.7 Å². The summed E-state index contributed by atoms with van der Waals surface area (Å²) in [5.41, 5.74) is 15.5. The molecule has 5 heteroatoms. The zero-order valence-corrected chi connectivity index (χ0v) is 31.9. The minimum atomic E-state index is 0.893. The minimum Gasteiger partial charge on any atom is -0.309 e. The summed E-state index contributed by atoms with van der Waals surface area (Å²) in [6.07, 6.45) is 1.84. The number of aromatic nitrogens is 5. The van der Waals surface area contributed by atoms with Gasteiger partial charge >= 0.3 is 0 Å². The van der Waals surface area contributed by atoms with Crippen molar-refractivity contribution >= 4 is 54.6 Å². The van der Waals surface area contributed by atoms with Crippen molar-refractivity contribution in [3.63, 3.8) is 0 Å². The summed E-state index contributed by atoms with van der Waals surface area (Å²) >= 11 is 0. The Hall–Kier alpha value is -8.02. The molecule has 0 atom stereocenters. The average Bonchev–Trinajstić information content (AvgIpc) is 3.97. The smallest absolute Gasteiger partial charge is 0.145 e. The predicted octanol–water partition coefficient (Wildman–Crippen LogP) is 13.6. The molecule has 0 bridgehead atoms. The van der Waals surface area contributed by atoms with Crippen LogP contribution in [0.15, 0.2) is 212 Å². The largest absolute Gasteiger partial charge is 0.309 e. The summed E-state index contributed by atoms with van der Waals surface area (Å²) in [5.74, 6) is 0.893. The number of hydrogen-bond donors (Lipinski definition) is 0. The summed E-state index contributed by atoms with van der Waals surface area (Å²) in [4.78, 5) is 9.77. The number of nitrogens with zero attached hydrogens (tertiary/aromatic N) is 5. The van der Waals surface area contributed by atoms with Gasteiger partial charge in [0, 0.05) is 55.9 Å². The van der Waals surface area contributed by atoms with Crippen LogP contribution in [0.1, 0.15) is 0 Å². The van der Waals surface area contributed by atoms with Gasteiger partial charge in [-0.1, -0.05) is 103 Å². The summed E-state index contributed by atoms with van der Waals surface area (Å²) in [7, 11) is 0. The number of fused-ring (bicyclic) bond motifs is 7. The maximum Gasteiger partial charge on any atom is 0.145 e. The van der Waals surface area contributed by atoms with Crippen LogP contribution in [0.5, 0.6) is 0 Å². The Balaban J connectivity index is 0.963. The Labute approximate surface area is 340 Å². The third-order valence-electron chi connectivity index (χ3n) is 11.7. The minimum absolute atomic E-state index is 0.893. The number of imidazole rings is 1. The highest BCUT2D eigenvalue weighted by Gasteiger charge is 2.18. The van der Waals surface area contributed by atoms with Gasteiger partial charge in [-0.05, 0) is 114 Å². The lowest BCUT2D eigenvalue weighted by Crippen LogP contribution is -1.99. The summed E-state index contributed by atoms with van der Waals surface area (Å²) < 4.78 is 7.02. The molecule has 0 spiro atoms. The Morgan fingerprint density at radius 1 is 0.305 bits per heavy atom. The highest BCUT2D eigenvalue weighted by Crippen LogP contribution is 2.39. The highest BCUT2D eigenvalue weighted by molar-refractivity contribution is 6.12. The number of benzene rings is 8. The second-order valence-electron chi connectivity index (χ2n) is 15.1. The molecule has 0 aliphatic carbocycles. The van der Waals surface area contributed by atoms with Gasteiger partial charge in [0.1, 0.15) is 5.82 Å². The molecule has 59 heavy (non-hydrogen) atoms. The van der Waals surface area contributed by atoms with E-state index in [4.69, 9.17) is 4.98 Å². The molecular weight excluding hydrogens is 719 g/mol. The Kier molecular flexibility index (Phi) is 7.47. The van der Waals surface area contributed by atoms with Crippen LogP contribution in [0.2, 0.25) is 0 Å². The van der Waals surface area contributed by atoms with E-state index in [0.717, 1.165) is 45.1 Å². The van der Waals surface area contributed by atoms with Crippen molar-refractivity contribution in [1.82, 2.24) is 23.7 Å². The predicted molar refractivity (Wildman–Crippen MR) is 244 cm³/mol. The first-order valence-corrected chi connectivity index (χ1v) is 20.0. The second-order valence-corrected chi connectivity index (χ2v) is 15.1. The molecule has 0 saturated carbocycles. The van der Waals surface area contributed by atoms with Gasteiger partial charge in [0.25, 0.3) is 0 Å². The number of para-hydroxylation sites is 5. The molecule has 0 radical (unpaired) electrons. The van der Waals surface area contributed by atoms with Gasteiger partial charge in [0.05, 0.1) is 38.8 Å². The zero-order chi connectivity index (χ0) is 38.9. The van der Waals surface area contributed by atoms with Crippen LogP contribution in [-0.2, 0) is 0 Å². The van der Waals surface area contributed by atoms with E-state index in [2.05, 4.69) is 201 Å². The molecule has 276 valence electrons. The molecule has 0 aliphatic rings. The molecule has 0 N–H and O–H groups in total. The van der Waals surface area contributed by atoms with Gasteiger partial charge in [-0.15, -0.1) is 0 Å². The first-order chi connectivity index (χ1) is 29.3. The molecule has 0 saturated heterocycles. The number of hydrogen-bond acceptors (Lipinski definition) is 2. The molecule has 0 unspecified atom stereocenters. The molecule has 12 rings (SSSR count). The van der Waals surface area contributed by atoms with Gasteiger partial charge < -0.3 is 9.13 Å². The van der Waals surface area contributed by atoms with Crippen LogP contribution in [0, 0.1) is 0 Å². The van der Waals surface area contributed by atoms with E-state index < -0.39 is 0 Å². The summed E-state index contributed by atoms with van der Waals surface area (Å²) in [6.45, 7) is 0. The third-order valence-corrected chi connectivity index (χ3v) is 11.7. The SMILES string of the molecule is c1ccc(-n2c3ccccc3c3cc(-c4ccc5c(c4)c4ccccc4n5-c4ccc(-n5c(-c6cccc(-c7ccccn7)c6)nc6ccccc65)cc4)ccc32)cc1. The van der Waals surface area contributed by atoms with Crippen molar-refractivity contribution in [1.29, 1.82) is 0 Å². The Morgan fingerprint density at radius 3 is 1.47 bits per heavy atom. The van der Waals surface area contributed by atoms with Crippen molar-refractivity contribution < 1.29 is 0 Å². The fraction of sp³-hybridized carbons (Fsp3) is 0. The van der Waals surface area contributed by atoms with E-state index in [1.54, 1.807) is 0 Å². The fourth-order valence-corrected chi connectivity index (χ4v) is 9.02. The van der Waals surface area contributed by atoms with E-state index in [9.17, 15) is 0 Å². The molecule has 0 fully saturated rings. The Bertz CT molecular complexity index is 3540. The van der Waals surface area contributed by atoms with Crippen molar-refractivity contribution in [2.45, 2.75) is 0 Å². The number of pyridine rings is 1. The molecule has 8 aromatic carbocycles. The summed E-state index contributed by atoms with van der Waals surface area (Å²) in [6, 6.07) is 73.7. The lowest BCUT2D eigenvalue weighted by atomic mass is 10.0. The molecule has 4 heterocycles. The lowest BCUT2D eigenvalue weighted by Gasteiger charge is -2.13. The monoisotopic (exact) mass is 753 g/mol. The van der Waals surface area contributed by atoms with E-state index in [1.807, 2.05) is 30.5 Å². The van der Waals surface area contributed by atoms with Gasteiger partial charge in [-0.3, -0.25) is 9.55 Å². The molecule has 4 aromatic heterocycles. The van der Waals surface area contributed by atoms with Crippen LogP contribution in [0.3, 0.4) is 0 Å². The fourth-order valence-electron chi connectivity index (χ4n) is 9.02. The summed E-state index contributed by atoms with van der Waals surface area (Å²) in [5, 5.41) is 4.96.